The maximum absolute atomic E-state index is 11.6. The Morgan fingerprint density at radius 2 is 2.04 bits per heavy atom. The normalized spacial score (nSPS) is 18.5. The van der Waals surface area contributed by atoms with Crippen molar-refractivity contribution in [2.75, 3.05) is 26.8 Å². The van der Waals surface area contributed by atoms with E-state index in [0.717, 1.165) is 46.5 Å². The van der Waals surface area contributed by atoms with Gasteiger partial charge in [-0.15, -0.1) is 0 Å². The van der Waals surface area contributed by atoms with Crippen molar-refractivity contribution in [2.45, 2.75) is 25.8 Å². The highest BCUT2D eigenvalue weighted by Crippen LogP contribution is 2.39. The van der Waals surface area contributed by atoms with Crippen molar-refractivity contribution in [1.82, 2.24) is 4.90 Å². The van der Waals surface area contributed by atoms with E-state index in [-0.39, 0.29) is 12.0 Å². The number of carboxylic acid groups (broad SMARTS) is 1. The van der Waals surface area contributed by atoms with Crippen molar-refractivity contribution >= 4 is 21.9 Å². The second-order valence-corrected chi connectivity index (χ2v) is 7.88. The first-order chi connectivity index (χ1) is 13.5. The van der Waals surface area contributed by atoms with E-state index in [4.69, 9.17) is 9.47 Å². The van der Waals surface area contributed by atoms with E-state index in [1.807, 2.05) is 43.3 Å². The highest BCUT2D eigenvalue weighted by molar-refractivity contribution is 9.10. The lowest BCUT2D eigenvalue weighted by atomic mass is 9.91. The minimum Gasteiger partial charge on any atom is -0.497 e. The van der Waals surface area contributed by atoms with E-state index in [1.54, 1.807) is 7.11 Å². The zero-order valence-electron chi connectivity index (χ0n) is 16.2. The smallest absolute Gasteiger partial charge is 0.307 e. The van der Waals surface area contributed by atoms with Crippen molar-refractivity contribution in [3.8, 4) is 11.5 Å². The van der Waals surface area contributed by atoms with E-state index in [1.165, 1.54) is 0 Å². The van der Waals surface area contributed by atoms with E-state index >= 15 is 0 Å². The van der Waals surface area contributed by atoms with Crippen LogP contribution in [0.5, 0.6) is 11.5 Å². The molecule has 1 saturated heterocycles. The number of benzene rings is 2. The van der Waals surface area contributed by atoms with Crippen molar-refractivity contribution in [2.24, 2.45) is 5.92 Å². The van der Waals surface area contributed by atoms with Gasteiger partial charge in [0.05, 0.1) is 25.7 Å². The maximum Gasteiger partial charge on any atom is 0.307 e. The van der Waals surface area contributed by atoms with Crippen LogP contribution >= 0.6 is 15.9 Å². The van der Waals surface area contributed by atoms with E-state index in [0.29, 0.717) is 13.2 Å². The number of carboxylic acids is 1. The Morgan fingerprint density at radius 3 is 2.68 bits per heavy atom. The predicted octanol–water partition coefficient (Wildman–Crippen LogP) is 4.74. The van der Waals surface area contributed by atoms with Gasteiger partial charge in [0.2, 0.25) is 0 Å². The standard InChI is InChI=1S/C22H26BrNO4/c1-3-28-20-11-8-17(23)13-19(20)21(15-6-9-18(27-2)10-7-15)24-12-4-5-16(14-24)22(25)26/h6-11,13,16,21H,3-5,12,14H2,1-2H3,(H,25,26). The monoisotopic (exact) mass is 447 g/mol. The maximum atomic E-state index is 11.6. The number of piperidine rings is 1. The number of methoxy groups -OCH3 is 1. The molecule has 150 valence electrons. The average molecular weight is 448 g/mol. The fraction of sp³-hybridized carbons (Fsp3) is 0.409. The number of aliphatic carboxylic acids is 1. The van der Waals surface area contributed by atoms with Gasteiger partial charge in [0.25, 0.3) is 0 Å². The molecule has 28 heavy (non-hydrogen) atoms. The fourth-order valence-electron chi connectivity index (χ4n) is 3.84. The van der Waals surface area contributed by atoms with E-state index in [9.17, 15) is 9.90 Å². The fourth-order valence-corrected chi connectivity index (χ4v) is 4.21. The van der Waals surface area contributed by atoms with Crippen LogP contribution in [0.25, 0.3) is 0 Å². The van der Waals surface area contributed by atoms with Crippen molar-refractivity contribution in [1.29, 1.82) is 0 Å². The molecule has 6 heteroatoms. The molecule has 0 aromatic heterocycles. The number of hydrogen-bond acceptors (Lipinski definition) is 4. The average Bonchev–Trinajstić information content (AvgIpc) is 2.71. The van der Waals surface area contributed by atoms with Gasteiger partial charge in [-0.3, -0.25) is 9.69 Å². The third kappa shape index (κ3) is 4.67. The minimum atomic E-state index is -0.725. The molecular weight excluding hydrogens is 422 g/mol. The molecule has 2 atom stereocenters. The van der Waals surface area contributed by atoms with Crippen LogP contribution in [0.4, 0.5) is 0 Å². The zero-order valence-corrected chi connectivity index (χ0v) is 17.8. The molecule has 0 radical (unpaired) electrons. The molecule has 5 nitrogen and oxygen atoms in total. The molecule has 0 bridgehead atoms. The van der Waals surface area contributed by atoms with Gasteiger partial charge in [0, 0.05) is 16.6 Å². The Kier molecular flexibility index (Phi) is 6.97. The molecular formula is C22H26BrNO4. The summed E-state index contributed by atoms with van der Waals surface area (Å²) >= 11 is 3.58. The summed E-state index contributed by atoms with van der Waals surface area (Å²) in [5.41, 5.74) is 2.12. The van der Waals surface area contributed by atoms with Crippen molar-refractivity contribution in [3.63, 3.8) is 0 Å². The number of hydrogen-bond donors (Lipinski definition) is 1. The van der Waals surface area contributed by atoms with Gasteiger partial charge in [-0.2, -0.15) is 0 Å². The Bertz CT molecular complexity index is 809. The molecule has 0 amide bonds. The van der Waals surface area contributed by atoms with Crippen LogP contribution in [0.2, 0.25) is 0 Å². The molecule has 2 unspecified atom stereocenters. The molecule has 0 spiro atoms. The number of ether oxygens (including phenoxy) is 2. The number of rotatable bonds is 7. The second kappa shape index (κ2) is 9.43. The Morgan fingerprint density at radius 1 is 1.29 bits per heavy atom. The Labute approximate surface area is 174 Å². The number of halogens is 1. The van der Waals surface area contributed by atoms with Crippen molar-refractivity contribution in [3.05, 3.63) is 58.1 Å². The molecule has 1 N–H and O–H groups in total. The van der Waals surface area contributed by atoms with Crippen LogP contribution in [0.1, 0.15) is 36.9 Å². The summed E-state index contributed by atoms with van der Waals surface area (Å²) < 4.78 is 12.2. The lowest BCUT2D eigenvalue weighted by molar-refractivity contribution is -0.143. The lowest BCUT2D eigenvalue weighted by Crippen LogP contribution is -2.41. The number of nitrogens with zero attached hydrogens (tertiary/aromatic N) is 1. The van der Waals surface area contributed by atoms with Gasteiger partial charge in [-0.05, 0) is 62.2 Å². The molecule has 1 aliphatic rings. The van der Waals surface area contributed by atoms with Gasteiger partial charge in [-0.25, -0.2) is 0 Å². The van der Waals surface area contributed by atoms with Gasteiger partial charge in [0.15, 0.2) is 0 Å². The quantitative estimate of drug-likeness (QED) is 0.663. The molecule has 0 aliphatic carbocycles. The van der Waals surface area contributed by atoms with E-state index < -0.39 is 5.97 Å². The third-order valence-corrected chi connectivity index (χ3v) is 5.66. The van der Waals surface area contributed by atoms with Crippen LogP contribution in [-0.2, 0) is 4.79 Å². The predicted molar refractivity (Wildman–Crippen MR) is 112 cm³/mol. The van der Waals surface area contributed by atoms with Gasteiger partial charge in [-0.1, -0.05) is 28.1 Å². The topological polar surface area (TPSA) is 59.0 Å². The zero-order chi connectivity index (χ0) is 20.1. The summed E-state index contributed by atoms with van der Waals surface area (Å²) in [5.74, 6) is 0.544. The number of likely N-dealkylation sites (tertiary alicyclic amines) is 1. The third-order valence-electron chi connectivity index (χ3n) is 5.16. The Hall–Kier alpha value is -2.05. The molecule has 1 heterocycles. The van der Waals surface area contributed by atoms with Crippen LogP contribution in [0.3, 0.4) is 0 Å². The highest BCUT2D eigenvalue weighted by atomic mass is 79.9. The van der Waals surface area contributed by atoms with Gasteiger partial charge >= 0.3 is 5.97 Å². The van der Waals surface area contributed by atoms with Gasteiger partial charge < -0.3 is 14.6 Å². The van der Waals surface area contributed by atoms with E-state index in [2.05, 4.69) is 26.9 Å². The van der Waals surface area contributed by atoms with Crippen LogP contribution in [0.15, 0.2) is 46.9 Å². The summed E-state index contributed by atoms with van der Waals surface area (Å²) in [4.78, 5) is 13.9. The largest absolute Gasteiger partial charge is 0.497 e. The summed E-state index contributed by atoms with van der Waals surface area (Å²) in [6.45, 7) is 3.90. The summed E-state index contributed by atoms with van der Waals surface area (Å²) in [6.07, 6.45) is 1.58. The molecule has 1 fully saturated rings. The molecule has 3 rings (SSSR count). The lowest BCUT2D eigenvalue weighted by Gasteiger charge is -2.38. The molecule has 0 saturated carbocycles. The van der Waals surface area contributed by atoms with Crippen LogP contribution < -0.4 is 9.47 Å². The summed E-state index contributed by atoms with van der Waals surface area (Å²) in [6, 6.07) is 13.9. The summed E-state index contributed by atoms with van der Waals surface area (Å²) in [7, 11) is 1.65. The van der Waals surface area contributed by atoms with Crippen LogP contribution in [0, 0.1) is 5.92 Å². The second-order valence-electron chi connectivity index (χ2n) is 6.96. The first-order valence-electron chi connectivity index (χ1n) is 9.56. The molecule has 2 aromatic carbocycles. The van der Waals surface area contributed by atoms with Crippen LogP contribution in [-0.4, -0.2) is 42.8 Å². The van der Waals surface area contributed by atoms with Crippen molar-refractivity contribution < 1.29 is 19.4 Å². The first kappa shape index (κ1) is 20.7. The Balaban J connectivity index is 2.06. The minimum absolute atomic E-state index is 0.0906. The first-order valence-corrected chi connectivity index (χ1v) is 10.4. The summed E-state index contributed by atoms with van der Waals surface area (Å²) in [5, 5.41) is 9.55. The SMILES string of the molecule is CCOc1ccc(Br)cc1C(c1ccc(OC)cc1)N1CCCC(C(=O)O)C1. The molecule has 1 aliphatic heterocycles. The molecule has 2 aromatic rings. The number of carbonyl (C=O) groups is 1. The van der Waals surface area contributed by atoms with Gasteiger partial charge in [0.1, 0.15) is 11.5 Å². The highest BCUT2D eigenvalue weighted by Gasteiger charge is 2.32.